The molecule has 0 spiro atoms. The van der Waals surface area contributed by atoms with Crippen LogP contribution in [0.25, 0.3) is 0 Å². The minimum atomic E-state index is 0.318. The lowest BCUT2D eigenvalue weighted by molar-refractivity contribution is 0.339. The van der Waals surface area contributed by atoms with Gasteiger partial charge < -0.3 is 15.2 Å². The molecule has 0 radical (unpaired) electrons. The Bertz CT molecular complexity index is 570. The Morgan fingerprint density at radius 3 is 2.53 bits per heavy atom. The van der Waals surface area contributed by atoms with Gasteiger partial charge in [-0.2, -0.15) is 0 Å². The molecule has 4 nitrogen and oxygen atoms in total. The van der Waals surface area contributed by atoms with Gasteiger partial charge in [0.1, 0.15) is 16.5 Å². The highest BCUT2D eigenvalue weighted by Gasteiger charge is 2.02. The molecule has 0 fully saturated rings. The van der Waals surface area contributed by atoms with E-state index < -0.39 is 0 Å². The average Bonchev–Trinajstić information content (AvgIpc) is 2.42. The molecular weight excluding hydrogens is 260 g/mol. The third-order valence-corrected chi connectivity index (χ3v) is 2.61. The van der Waals surface area contributed by atoms with Gasteiger partial charge in [-0.15, -0.1) is 0 Å². The fraction of sp³-hybridized carbons (Fsp3) is 0.143. The maximum Gasteiger partial charge on any atom is 0.219 e. The molecule has 0 amide bonds. The summed E-state index contributed by atoms with van der Waals surface area (Å²) >= 11 is 4.91. The second-order valence-corrected chi connectivity index (χ2v) is 4.19. The Hall–Kier alpha value is -2.14. The normalized spacial score (nSPS) is 9.95. The molecule has 1 aromatic carbocycles. The van der Waals surface area contributed by atoms with Gasteiger partial charge in [-0.1, -0.05) is 12.2 Å². The fourth-order valence-corrected chi connectivity index (χ4v) is 1.64. The Labute approximate surface area is 117 Å². The highest BCUT2D eigenvalue weighted by atomic mass is 32.1. The number of ether oxygens (including phenoxy) is 2. The molecule has 0 unspecified atom stereocenters. The van der Waals surface area contributed by atoms with E-state index in [2.05, 4.69) is 4.98 Å². The van der Waals surface area contributed by atoms with Gasteiger partial charge in [0.2, 0.25) is 5.88 Å². The van der Waals surface area contributed by atoms with E-state index >= 15 is 0 Å². The Balaban J connectivity index is 2.12. The van der Waals surface area contributed by atoms with Crippen LogP contribution >= 0.6 is 12.2 Å². The molecule has 0 aliphatic heterocycles. The van der Waals surface area contributed by atoms with Crippen molar-refractivity contribution >= 4 is 17.2 Å². The van der Waals surface area contributed by atoms with Crippen LogP contribution in [0.5, 0.6) is 17.4 Å². The van der Waals surface area contributed by atoms with E-state index in [1.54, 1.807) is 18.3 Å². The van der Waals surface area contributed by atoms with Gasteiger partial charge in [-0.05, 0) is 37.3 Å². The van der Waals surface area contributed by atoms with Gasteiger partial charge in [0, 0.05) is 17.8 Å². The van der Waals surface area contributed by atoms with E-state index in [1.807, 2.05) is 31.2 Å². The van der Waals surface area contributed by atoms with Crippen LogP contribution < -0.4 is 15.2 Å². The molecule has 0 atom stereocenters. The first-order valence-electron chi connectivity index (χ1n) is 5.85. The molecule has 0 bridgehead atoms. The van der Waals surface area contributed by atoms with Crippen molar-refractivity contribution in [3.05, 3.63) is 48.2 Å². The zero-order chi connectivity index (χ0) is 13.7. The van der Waals surface area contributed by atoms with Gasteiger partial charge in [-0.3, -0.25) is 0 Å². The minimum Gasteiger partial charge on any atom is -0.494 e. The predicted molar refractivity (Wildman–Crippen MR) is 77.8 cm³/mol. The van der Waals surface area contributed by atoms with Crippen molar-refractivity contribution in [3.63, 3.8) is 0 Å². The third-order valence-electron chi connectivity index (χ3n) is 2.38. The molecule has 0 saturated carbocycles. The lowest BCUT2D eigenvalue weighted by Crippen LogP contribution is -2.09. The molecule has 5 heteroatoms. The number of thiocarbonyl (C=S) groups is 1. The minimum absolute atomic E-state index is 0.318. The Morgan fingerprint density at radius 1 is 1.21 bits per heavy atom. The van der Waals surface area contributed by atoms with Crippen LogP contribution in [0, 0.1) is 0 Å². The van der Waals surface area contributed by atoms with Crippen molar-refractivity contribution < 1.29 is 9.47 Å². The molecule has 0 aliphatic rings. The monoisotopic (exact) mass is 274 g/mol. The van der Waals surface area contributed by atoms with E-state index in [1.165, 1.54) is 0 Å². The highest BCUT2D eigenvalue weighted by Crippen LogP contribution is 2.22. The van der Waals surface area contributed by atoms with Crippen molar-refractivity contribution in [2.75, 3.05) is 6.61 Å². The summed E-state index contributed by atoms with van der Waals surface area (Å²) in [6, 6.07) is 10.8. The van der Waals surface area contributed by atoms with E-state index in [4.69, 9.17) is 27.4 Å². The number of hydrogen-bond donors (Lipinski definition) is 1. The summed E-state index contributed by atoms with van der Waals surface area (Å²) in [6.07, 6.45) is 1.61. The quantitative estimate of drug-likeness (QED) is 0.850. The van der Waals surface area contributed by atoms with Gasteiger partial charge in [0.25, 0.3) is 0 Å². The summed E-state index contributed by atoms with van der Waals surface area (Å²) in [5.41, 5.74) is 6.29. The first-order valence-corrected chi connectivity index (χ1v) is 6.26. The lowest BCUT2D eigenvalue weighted by atomic mass is 10.2. The topological polar surface area (TPSA) is 57.4 Å². The number of nitrogens with two attached hydrogens (primary N) is 1. The number of rotatable bonds is 5. The van der Waals surface area contributed by atoms with Crippen LogP contribution in [0.3, 0.4) is 0 Å². The van der Waals surface area contributed by atoms with Crippen LogP contribution in [0.15, 0.2) is 42.6 Å². The van der Waals surface area contributed by atoms with Crippen LogP contribution in [0.2, 0.25) is 0 Å². The summed E-state index contributed by atoms with van der Waals surface area (Å²) in [7, 11) is 0. The average molecular weight is 274 g/mol. The van der Waals surface area contributed by atoms with Gasteiger partial charge >= 0.3 is 0 Å². The number of hydrogen-bond acceptors (Lipinski definition) is 4. The molecular formula is C14H14N2O2S. The molecule has 2 N–H and O–H groups in total. The molecule has 0 aliphatic carbocycles. The molecule has 2 rings (SSSR count). The molecule has 1 heterocycles. The van der Waals surface area contributed by atoms with Crippen molar-refractivity contribution in [1.82, 2.24) is 4.98 Å². The lowest BCUT2D eigenvalue weighted by Gasteiger charge is -2.07. The van der Waals surface area contributed by atoms with Gasteiger partial charge in [0.15, 0.2) is 0 Å². The van der Waals surface area contributed by atoms with Crippen molar-refractivity contribution in [3.8, 4) is 17.4 Å². The van der Waals surface area contributed by atoms with E-state index in [9.17, 15) is 0 Å². The summed E-state index contributed by atoms with van der Waals surface area (Å²) in [4.78, 5) is 4.43. The summed E-state index contributed by atoms with van der Waals surface area (Å²) in [6.45, 7) is 2.58. The summed E-state index contributed by atoms with van der Waals surface area (Å²) < 4.78 is 11.0. The number of pyridine rings is 1. The molecule has 98 valence electrons. The largest absolute Gasteiger partial charge is 0.494 e. The van der Waals surface area contributed by atoms with Gasteiger partial charge in [-0.25, -0.2) is 4.98 Å². The van der Waals surface area contributed by atoms with Crippen molar-refractivity contribution in [2.24, 2.45) is 5.73 Å². The predicted octanol–water partition coefficient (Wildman–Crippen LogP) is 2.91. The van der Waals surface area contributed by atoms with Crippen LogP contribution in [-0.2, 0) is 0 Å². The summed E-state index contributed by atoms with van der Waals surface area (Å²) in [5.74, 6) is 1.94. The molecule has 1 aromatic heterocycles. The number of benzene rings is 1. The molecule has 19 heavy (non-hydrogen) atoms. The number of aromatic nitrogens is 1. The zero-order valence-electron chi connectivity index (χ0n) is 10.5. The van der Waals surface area contributed by atoms with E-state index in [0.717, 1.165) is 11.3 Å². The van der Waals surface area contributed by atoms with Crippen LogP contribution in [-0.4, -0.2) is 16.6 Å². The number of nitrogens with zero attached hydrogens (tertiary/aromatic N) is 1. The first-order chi connectivity index (χ1) is 9.19. The molecule has 0 saturated heterocycles. The Kier molecular flexibility index (Phi) is 4.30. The maximum absolute atomic E-state index is 5.62. The third kappa shape index (κ3) is 3.66. The molecule has 2 aromatic rings. The maximum atomic E-state index is 5.62. The standard InChI is InChI=1S/C14H14N2O2S/c1-2-17-11-3-5-12(6-4-11)18-13-9-10(14(15)19)7-8-16-13/h3-9H,2H2,1H3,(H2,15,19). The van der Waals surface area contributed by atoms with E-state index in [0.29, 0.717) is 23.2 Å². The SMILES string of the molecule is CCOc1ccc(Oc2cc(C(N)=S)ccn2)cc1. The zero-order valence-corrected chi connectivity index (χ0v) is 11.3. The van der Waals surface area contributed by atoms with E-state index in [-0.39, 0.29) is 0 Å². The Morgan fingerprint density at radius 2 is 1.89 bits per heavy atom. The van der Waals surface area contributed by atoms with Crippen LogP contribution in [0.4, 0.5) is 0 Å². The second kappa shape index (κ2) is 6.15. The summed E-state index contributed by atoms with van der Waals surface area (Å²) in [5, 5.41) is 0. The smallest absolute Gasteiger partial charge is 0.219 e. The first kappa shape index (κ1) is 13.3. The fourth-order valence-electron chi connectivity index (χ4n) is 1.51. The van der Waals surface area contributed by atoms with Crippen molar-refractivity contribution in [2.45, 2.75) is 6.92 Å². The van der Waals surface area contributed by atoms with Gasteiger partial charge in [0.05, 0.1) is 6.61 Å². The second-order valence-electron chi connectivity index (χ2n) is 3.75. The van der Waals surface area contributed by atoms with Crippen LogP contribution in [0.1, 0.15) is 12.5 Å². The van der Waals surface area contributed by atoms with Crippen molar-refractivity contribution in [1.29, 1.82) is 0 Å². The highest BCUT2D eigenvalue weighted by molar-refractivity contribution is 7.80.